The Balaban J connectivity index is 1.17. The van der Waals surface area contributed by atoms with Gasteiger partial charge in [0.25, 0.3) is 0 Å². The minimum absolute atomic E-state index is 0.0455. The van der Waals surface area contributed by atoms with Crippen LogP contribution in [0.25, 0.3) is 0 Å². The van der Waals surface area contributed by atoms with Gasteiger partial charge in [-0.05, 0) is 109 Å². The van der Waals surface area contributed by atoms with E-state index in [1.54, 1.807) is 24.3 Å². The summed E-state index contributed by atoms with van der Waals surface area (Å²) in [6.45, 7) is -0.551. The van der Waals surface area contributed by atoms with E-state index in [0.717, 1.165) is 55.5 Å². The lowest BCUT2D eigenvalue weighted by Crippen LogP contribution is -2.69. The Labute approximate surface area is 375 Å². The number of hydrogen-bond acceptors (Lipinski definition) is 15. The second-order valence-electron chi connectivity index (χ2n) is 18.7. The largest absolute Gasteiger partial charge is 0.511 e. The van der Waals surface area contributed by atoms with E-state index in [2.05, 4.69) is 16.7 Å². The summed E-state index contributed by atoms with van der Waals surface area (Å²) in [6, 6.07) is 11.9. The fourth-order valence-corrected chi connectivity index (χ4v) is 14.9. The van der Waals surface area contributed by atoms with Crippen molar-refractivity contribution in [3.63, 3.8) is 0 Å². The predicted octanol–water partition coefficient (Wildman–Crippen LogP) is 4.91. The fraction of sp³-hybridized carbons (Fsp3) is 0.542. The average Bonchev–Trinajstić information content (AvgIpc) is 3.91. The summed E-state index contributed by atoms with van der Waals surface area (Å²) in [7, 11) is 2.80. The van der Waals surface area contributed by atoms with E-state index in [4.69, 9.17) is 9.47 Å². The maximum atomic E-state index is 15.7. The smallest absolute Gasteiger partial charge is 0.229 e. The van der Waals surface area contributed by atoms with Crippen LogP contribution in [0.5, 0.6) is 5.75 Å². The van der Waals surface area contributed by atoms with Gasteiger partial charge in [0.1, 0.15) is 40.8 Å². The van der Waals surface area contributed by atoms with Crippen LogP contribution in [0, 0.1) is 22.2 Å². The summed E-state index contributed by atoms with van der Waals surface area (Å²) in [5.74, 6) is -1.50. The monoisotopic (exact) mass is 902 g/mol. The highest BCUT2D eigenvalue weighted by Crippen LogP contribution is 2.64. The first-order valence-corrected chi connectivity index (χ1v) is 24.6. The number of Topliss-reactive ketones (excluding diaryl/α,β-unsaturated/α-hetero) is 2. The number of aliphatic hydroxyl groups excluding tert-OH is 6. The zero-order valence-corrected chi connectivity index (χ0v) is 36.8. The van der Waals surface area contributed by atoms with E-state index >= 15 is 9.59 Å². The van der Waals surface area contributed by atoms with E-state index < -0.39 is 70.4 Å². The molecular formula is C48H58N2O11S2. The van der Waals surface area contributed by atoms with Crippen molar-refractivity contribution in [2.24, 2.45) is 22.2 Å². The molecule has 2 aromatic rings. The predicted molar refractivity (Wildman–Crippen MR) is 238 cm³/mol. The van der Waals surface area contributed by atoms with Crippen LogP contribution in [0.3, 0.4) is 0 Å². The number of ketones is 2. The number of nitrogens with one attached hydrogen (secondary N) is 2. The van der Waals surface area contributed by atoms with E-state index in [-0.39, 0.29) is 60.5 Å². The average molecular weight is 903 g/mol. The number of aliphatic hydroxyl groups is 7. The SMILES string of the molecule is O=C1c2cccc3c2C(=O)[C@@]2(C(O)=CC(Cc4cccc(CO)c4)=C[C@H]12)[C@H](CCCO)SSCNC1=CC(=CCN1)[C@@]1(CCC2(CCCC2)C1)C[C@]1(O)[C@H](O)[C@@H](CO)O[C@@H](O3)[C@@H]1O. The van der Waals surface area contributed by atoms with E-state index in [9.17, 15) is 35.7 Å². The fourth-order valence-electron chi connectivity index (χ4n) is 12.0. The van der Waals surface area contributed by atoms with E-state index in [1.165, 1.54) is 33.7 Å². The van der Waals surface area contributed by atoms with Gasteiger partial charge < -0.3 is 55.9 Å². The molecule has 0 amide bonds. The zero-order chi connectivity index (χ0) is 44.1. The number of rotatable bonds is 7. The first kappa shape index (κ1) is 44.6. The lowest BCUT2D eigenvalue weighted by Gasteiger charge is -2.51. The van der Waals surface area contributed by atoms with Crippen molar-refractivity contribution in [3.05, 3.63) is 112 Å². The Morgan fingerprint density at radius 2 is 1.70 bits per heavy atom. The van der Waals surface area contributed by atoms with Crippen molar-refractivity contribution in [3.8, 4) is 5.75 Å². The molecule has 2 aromatic carbocycles. The van der Waals surface area contributed by atoms with Gasteiger partial charge in [-0.15, -0.1) is 0 Å². The molecule has 7 aliphatic rings. The van der Waals surface area contributed by atoms with Crippen molar-refractivity contribution in [2.45, 2.75) is 113 Å². The first-order valence-electron chi connectivity index (χ1n) is 22.2. The molecule has 9 rings (SSSR count). The summed E-state index contributed by atoms with van der Waals surface area (Å²) in [5.41, 5.74) is -1.62. The Bertz CT molecular complexity index is 2240. The van der Waals surface area contributed by atoms with Crippen molar-refractivity contribution in [1.82, 2.24) is 10.6 Å². The van der Waals surface area contributed by atoms with Gasteiger partial charge in [-0.1, -0.05) is 83.0 Å². The molecule has 2 saturated carbocycles. The molecule has 4 aliphatic carbocycles. The van der Waals surface area contributed by atoms with E-state index in [0.29, 0.717) is 36.4 Å². The lowest BCUT2D eigenvalue weighted by atomic mass is 9.57. The first-order chi connectivity index (χ1) is 30.4. The van der Waals surface area contributed by atoms with Crippen LogP contribution in [0.4, 0.5) is 0 Å². The molecule has 15 heteroatoms. The highest BCUT2D eigenvalue weighted by Gasteiger charge is 2.64. The number of ether oxygens (including phenoxy) is 2. The van der Waals surface area contributed by atoms with Crippen molar-refractivity contribution >= 4 is 33.2 Å². The molecule has 3 aliphatic heterocycles. The van der Waals surface area contributed by atoms with E-state index in [1.807, 2.05) is 24.3 Å². The van der Waals surface area contributed by atoms with Gasteiger partial charge in [-0.3, -0.25) is 9.59 Å². The Hall–Kier alpha value is -3.64. The number of carbonyl (C=O) groups excluding carboxylic acids is 2. The molecule has 3 spiro atoms. The van der Waals surface area contributed by atoms with Crippen molar-refractivity contribution in [1.29, 1.82) is 0 Å². The topological polar surface area (TPSA) is 218 Å². The second-order valence-corrected chi connectivity index (χ2v) is 21.3. The van der Waals surface area contributed by atoms with Crippen molar-refractivity contribution in [2.75, 3.05) is 25.6 Å². The second kappa shape index (κ2) is 17.6. The molecule has 9 N–H and O–H groups in total. The quantitative estimate of drug-likeness (QED) is 0.169. The van der Waals surface area contributed by atoms with Gasteiger partial charge in [-0.2, -0.15) is 0 Å². The number of dihydropyridines is 1. The van der Waals surface area contributed by atoms with Crippen LogP contribution < -0.4 is 15.4 Å². The van der Waals surface area contributed by atoms with Gasteiger partial charge >= 0.3 is 0 Å². The molecule has 3 heterocycles. The summed E-state index contributed by atoms with van der Waals surface area (Å²) in [5, 5.41) is 86.2. The molecule has 13 nitrogen and oxygen atoms in total. The van der Waals surface area contributed by atoms with Crippen LogP contribution >= 0.6 is 21.6 Å². The zero-order valence-electron chi connectivity index (χ0n) is 35.2. The van der Waals surface area contributed by atoms with Gasteiger partial charge in [0.2, 0.25) is 6.29 Å². The molecule has 0 unspecified atom stereocenters. The molecule has 9 atom stereocenters. The summed E-state index contributed by atoms with van der Waals surface area (Å²) in [6.07, 6.45) is 8.36. The van der Waals surface area contributed by atoms with Crippen LogP contribution in [-0.4, -0.2) is 108 Å². The maximum absolute atomic E-state index is 15.7. The third kappa shape index (κ3) is 7.68. The molecular weight excluding hydrogens is 845 g/mol. The van der Waals surface area contributed by atoms with Gasteiger partial charge in [-0.25, -0.2) is 0 Å². The number of hydrogen-bond donors (Lipinski definition) is 9. The molecule has 6 bridgehead atoms. The molecule has 63 heavy (non-hydrogen) atoms. The molecule has 338 valence electrons. The van der Waals surface area contributed by atoms with Crippen LogP contribution in [0.2, 0.25) is 0 Å². The molecule has 0 aromatic heterocycles. The van der Waals surface area contributed by atoms with Gasteiger partial charge in [0.05, 0.1) is 36.4 Å². The van der Waals surface area contributed by atoms with Crippen molar-refractivity contribution < 1.29 is 54.8 Å². The van der Waals surface area contributed by atoms with Gasteiger partial charge in [0, 0.05) is 24.0 Å². The highest BCUT2D eigenvalue weighted by molar-refractivity contribution is 8.76. The molecule has 0 radical (unpaired) electrons. The van der Waals surface area contributed by atoms with Crippen LogP contribution in [-0.2, 0) is 17.8 Å². The Morgan fingerprint density at radius 1 is 0.905 bits per heavy atom. The Kier molecular flexibility index (Phi) is 12.5. The normalized spacial score (nSPS) is 35.0. The highest BCUT2D eigenvalue weighted by atomic mass is 33.1. The molecule has 3 fully saturated rings. The lowest BCUT2D eigenvalue weighted by molar-refractivity contribution is -0.319. The third-order valence-electron chi connectivity index (χ3n) is 15.0. The summed E-state index contributed by atoms with van der Waals surface area (Å²) >= 11 is 0. The number of allylic oxidation sites excluding steroid dienone is 6. The number of benzene rings is 2. The van der Waals surface area contributed by atoms with Crippen LogP contribution in [0.1, 0.15) is 96.1 Å². The van der Waals surface area contributed by atoms with Gasteiger partial charge in [0.15, 0.2) is 11.6 Å². The number of carbonyl (C=O) groups is 2. The minimum atomic E-state index is -2.25. The Morgan fingerprint density at radius 3 is 2.48 bits per heavy atom. The summed E-state index contributed by atoms with van der Waals surface area (Å²) < 4.78 is 12.5. The standard InChI is InChI=1S/C48H58N2O11S2/c51-17-5-10-37-48-33(20-30(21-36(48)54)19-28-6-3-7-29(18-28)23-52)40(55)32-8-4-9-34(39(32)42(48)57)60-44-43(58)47(59,41(56)35(24-53)61-44)26-46(15-14-45(25-46)12-1-2-13-45)31-11-16-49-38(22-31)50-27-62-63-37/h3-4,6-9,11,18,20-22,33,35,37,41,43-44,49-54,56,58-59H,1-2,5,10,12-17,19,23-27H2/t33-,35-,37+,41-,43+,44-,46-,47+,48+/m1/s1. The minimum Gasteiger partial charge on any atom is -0.511 e. The van der Waals surface area contributed by atoms with Crippen LogP contribution in [0.15, 0.2) is 89.5 Å². The molecule has 1 saturated heterocycles. The summed E-state index contributed by atoms with van der Waals surface area (Å²) in [4.78, 5) is 30.8. The maximum Gasteiger partial charge on any atom is 0.229 e. The third-order valence-corrected chi connectivity index (χ3v) is 17.7. The number of fused-ring (bicyclic) bond motifs is 4.